The van der Waals surface area contributed by atoms with E-state index in [4.69, 9.17) is 9.47 Å². The molecule has 0 radical (unpaired) electrons. The Morgan fingerprint density at radius 3 is 2.77 bits per heavy atom. The zero-order chi connectivity index (χ0) is 15.3. The van der Waals surface area contributed by atoms with Crippen molar-refractivity contribution in [1.82, 2.24) is 9.55 Å². The van der Waals surface area contributed by atoms with Gasteiger partial charge in [-0.25, -0.2) is 4.98 Å². The van der Waals surface area contributed by atoms with E-state index in [2.05, 4.69) is 41.6 Å². The molecule has 2 aromatic rings. The van der Waals surface area contributed by atoms with Gasteiger partial charge in [0.15, 0.2) is 0 Å². The van der Waals surface area contributed by atoms with Gasteiger partial charge < -0.3 is 19.1 Å². The zero-order valence-corrected chi connectivity index (χ0v) is 12.8. The Bertz CT molecular complexity index is 697. The van der Waals surface area contributed by atoms with Crippen molar-refractivity contribution in [3.05, 3.63) is 41.7 Å². The molecule has 2 aliphatic heterocycles. The topological polar surface area (TPSA) is 56.5 Å². The molecular formula is C17H20N2O3. The first kappa shape index (κ1) is 13.9. The van der Waals surface area contributed by atoms with Crippen LogP contribution in [0.15, 0.2) is 30.6 Å². The number of aliphatic hydroxyl groups excluding tert-OH is 1. The van der Waals surface area contributed by atoms with Crippen molar-refractivity contribution in [2.75, 3.05) is 13.2 Å². The van der Waals surface area contributed by atoms with Crippen LogP contribution in [0.4, 0.5) is 0 Å². The molecule has 2 fully saturated rings. The van der Waals surface area contributed by atoms with Crippen LogP contribution in [0.1, 0.15) is 17.2 Å². The first-order chi connectivity index (χ1) is 10.6. The second kappa shape index (κ2) is 5.19. The number of aromatic nitrogens is 2. The minimum atomic E-state index is -0.524. The van der Waals surface area contributed by atoms with Crippen LogP contribution in [0.3, 0.4) is 0 Å². The van der Waals surface area contributed by atoms with E-state index in [1.807, 2.05) is 12.4 Å². The van der Waals surface area contributed by atoms with Gasteiger partial charge in [0.1, 0.15) is 24.1 Å². The molecular weight excluding hydrogens is 280 g/mol. The van der Waals surface area contributed by atoms with Crippen LogP contribution in [0, 0.1) is 13.8 Å². The molecule has 1 aromatic carbocycles. The Labute approximate surface area is 129 Å². The summed E-state index contributed by atoms with van der Waals surface area (Å²) in [6, 6.07) is 6.43. The van der Waals surface area contributed by atoms with Gasteiger partial charge in [-0.1, -0.05) is 12.1 Å². The third kappa shape index (κ3) is 2.08. The van der Waals surface area contributed by atoms with Crippen molar-refractivity contribution in [3.63, 3.8) is 0 Å². The fourth-order valence-electron chi connectivity index (χ4n) is 3.38. The summed E-state index contributed by atoms with van der Waals surface area (Å²) in [4.78, 5) is 4.52. The maximum atomic E-state index is 9.89. The lowest BCUT2D eigenvalue weighted by atomic mass is 10.0. The predicted molar refractivity (Wildman–Crippen MR) is 81.7 cm³/mol. The van der Waals surface area contributed by atoms with Crippen LogP contribution in [0.2, 0.25) is 0 Å². The predicted octanol–water partition coefficient (Wildman–Crippen LogP) is 1.87. The number of hydrogen-bond donors (Lipinski definition) is 1. The lowest BCUT2D eigenvalue weighted by Gasteiger charge is -2.20. The molecule has 0 unspecified atom stereocenters. The molecule has 0 bridgehead atoms. The summed E-state index contributed by atoms with van der Waals surface area (Å²) in [5.41, 5.74) is 3.61. The Morgan fingerprint density at radius 1 is 1.14 bits per heavy atom. The quantitative estimate of drug-likeness (QED) is 0.920. The average Bonchev–Trinajstić information content (AvgIpc) is 3.19. The molecule has 0 aliphatic carbocycles. The van der Waals surface area contributed by atoms with Crippen molar-refractivity contribution < 1.29 is 14.6 Å². The van der Waals surface area contributed by atoms with Crippen molar-refractivity contribution in [2.45, 2.75) is 38.2 Å². The Kier molecular flexibility index (Phi) is 3.29. The SMILES string of the molecule is Cc1ccc(-c2nccn2[C@@H]2CO[C@H]3[C@@H]2OC[C@H]3O)cc1C. The molecule has 4 atom stereocenters. The van der Waals surface area contributed by atoms with E-state index >= 15 is 0 Å². The summed E-state index contributed by atoms with van der Waals surface area (Å²) in [6.07, 6.45) is 2.93. The third-order valence-electron chi connectivity index (χ3n) is 4.79. The monoisotopic (exact) mass is 300 g/mol. The second-order valence-electron chi connectivity index (χ2n) is 6.19. The number of rotatable bonds is 2. The average molecular weight is 300 g/mol. The number of hydrogen-bond acceptors (Lipinski definition) is 4. The summed E-state index contributed by atoms with van der Waals surface area (Å²) in [7, 11) is 0. The van der Waals surface area contributed by atoms with Gasteiger partial charge in [0.25, 0.3) is 0 Å². The Balaban J connectivity index is 1.70. The Hall–Kier alpha value is -1.69. The van der Waals surface area contributed by atoms with Crippen molar-refractivity contribution in [3.8, 4) is 11.4 Å². The highest BCUT2D eigenvalue weighted by molar-refractivity contribution is 5.58. The first-order valence-electron chi connectivity index (χ1n) is 7.67. The van der Waals surface area contributed by atoms with Crippen LogP contribution in [-0.4, -0.2) is 46.2 Å². The van der Waals surface area contributed by atoms with Crippen LogP contribution >= 0.6 is 0 Å². The summed E-state index contributed by atoms with van der Waals surface area (Å²) >= 11 is 0. The van der Waals surface area contributed by atoms with Crippen molar-refractivity contribution >= 4 is 0 Å². The standard InChI is InChI=1S/C17H20N2O3/c1-10-3-4-12(7-11(10)2)17-18-5-6-19(17)13-8-21-16-14(20)9-22-15(13)16/h3-7,13-16,20H,8-9H2,1-2H3/t13-,14-,15-,16-/m1/s1. The molecule has 116 valence electrons. The minimum absolute atomic E-state index is 0.0567. The molecule has 1 N–H and O–H groups in total. The van der Waals surface area contributed by atoms with Crippen LogP contribution in [0.25, 0.3) is 11.4 Å². The van der Waals surface area contributed by atoms with Gasteiger partial charge in [-0.3, -0.25) is 0 Å². The van der Waals surface area contributed by atoms with E-state index in [1.165, 1.54) is 11.1 Å². The maximum absolute atomic E-state index is 9.89. The smallest absolute Gasteiger partial charge is 0.140 e. The summed E-state index contributed by atoms with van der Waals surface area (Å²) in [5.74, 6) is 0.919. The highest BCUT2D eigenvalue weighted by atomic mass is 16.6. The summed E-state index contributed by atoms with van der Waals surface area (Å²) in [5, 5.41) is 9.89. The van der Waals surface area contributed by atoms with Gasteiger partial charge >= 0.3 is 0 Å². The summed E-state index contributed by atoms with van der Waals surface area (Å²) < 4.78 is 13.6. The number of aryl methyl sites for hydroxylation is 2. The van der Waals surface area contributed by atoms with Gasteiger partial charge in [0.05, 0.1) is 19.3 Å². The fraction of sp³-hybridized carbons (Fsp3) is 0.471. The molecule has 5 nitrogen and oxygen atoms in total. The lowest BCUT2D eigenvalue weighted by Crippen LogP contribution is -2.30. The first-order valence-corrected chi connectivity index (χ1v) is 7.67. The van der Waals surface area contributed by atoms with Gasteiger partial charge in [-0.15, -0.1) is 0 Å². The maximum Gasteiger partial charge on any atom is 0.140 e. The molecule has 4 rings (SSSR count). The summed E-state index contributed by atoms with van der Waals surface area (Å²) in [6.45, 7) is 5.10. The van der Waals surface area contributed by atoms with Gasteiger partial charge in [0.2, 0.25) is 0 Å². The second-order valence-corrected chi connectivity index (χ2v) is 6.19. The highest BCUT2D eigenvalue weighted by Crippen LogP contribution is 2.36. The molecule has 0 amide bonds. The van der Waals surface area contributed by atoms with Gasteiger partial charge in [-0.2, -0.15) is 0 Å². The van der Waals surface area contributed by atoms with Crippen LogP contribution in [-0.2, 0) is 9.47 Å². The number of imidazole rings is 1. The Morgan fingerprint density at radius 2 is 1.95 bits per heavy atom. The number of benzene rings is 1. The van der Waals surface area contributed by atoms with Crippen molar-refractivity contribution in [1.29, 1.82) is 0 Å². The molecule has 22 heavy (non-hydrogen) atoms. The molecule has 1 aromatic heterocycles. The molecule has 2 saturated heterocycles. The normalized spacial score (nSPS) is 30.7. The van der Waals surface area contributed by atoms with E-state index in [0.717, 1.165) is 11.4 Å². The van der Waals surface area contributed by atoms with E-state index in [1.54, 1.807) is 0 Å². The molecule has 2 aliphatic rings. The molecule has 3 heterocycles. The van der Waals surface area contributed by atoms with E-state index in [0.29, 0.717) is 13.2 Å². The molecule has 0 spiro atoms. The van der Waals surface area contributed by atoms with Crippen molar-refractivity contribution in [2.24, 2.45) is 0 Å². The van der Waals surface area contributed by atoms with E-state index in [-0.39, 0.29) is 18.2 Å². The molecule has 5 heteroatoms. The minimum Gasteiger partial charge on any atom is -0.388 e. The fourth-order valence-corrected chi connectivity index (χ4v) is 3.38. The van der Waals surface area contributed by atoms with E-state index in [9.17, 15) is 5.11 Å². The van der Waals surface area contributed by atoms with Crippen LogP contribution < -0.4 is 0 Å². The highest BCUT2D eigenvalue weighted by Gasteiger charge is 2.48. The number of ether oxygens (including phenoxy) is 2. The van der Waals surface area contributed by atoms with E-state index < -0.39 is 6.10 Å². The third-order valence-corrected chi connectivity index (χ3v) is 4.79. The molecule has 0 saturated carbocycles. The number of aliphatic hydroxyl groups is 1. The van der Waals surface area contributed by atoms with Gasteiger partial charge in [0, 0.05) is 18.0 Å². The van der Waals surface area contributed by atoms with Gasteiger partial charge in [-0.05, 0) is 31.0 Å². The van der Waals surface area contributed by atoms with Crippen LogP contribution in [0.5, 0.6) is 0 Å². The zero-order valence-electron chi connectivity index (χ0n) is 12.8. The lowest BCUT2D eigenvalue weighted by molar-refractivity contribution is 0.0172. The largest absolute Gasteiger partial charge is 0.388 e. The number of nitrogens with zero attached hydrogens (tertiary/aromatic N) is 2. The number of fused-ring (bicyclic) bond motifs is 1.